The van der Waals surface area contributed by atoms with Gasteiger partial charge < -0.3 is 21.1 Å². The third kappa shape index (κ3) is 3.48. The number of nitrogen functional groups attached to an aromatic ring is 1. The number of aryl methyl sites for hydroxylation is 1. The number of carbonyl (C=O) groups excluding carboxylic acids is 3. The van der Waals surface area contributed by atoms with Crippen LogP contribution in [0.1, 0.15) is 18.1 Å². The molecule has 1 fully saturated rings. The van der Waals surface area contributed by atoms with Crippen LogP contribution in [0, 0.1) is 6.92 Å². The molecule has 8 nitrogen and oxygen atoms in total. The van der Waals surface area contributed by atoms with E-state index in [1.807, 2.05) is 19.1 Å². The highest BCUT2D eigenvalue weighted by atomic mass is 16.5. The average Bonchev–Trinajstić information content (AvgIpc) is 2.86. The molecule has 1 unspecified atom stereocenters. The minimum Gasteiger partial charge on any atom is -0.495 e. The van der Waals surface area contributed by atoms with Crippen molar-refractivity contribution < 1.29 is 19.1 Å². The summed E-state index contributed by atoms with van der Waals surface area (Å²) in [7, 11) is 1.49. The molecule has 1 heterocycles. The molecular weight excluding hydrogens is 360 g/mol. The predicted molar refractivity (Wildman–Crippen MR) is 105 cm³/mol. The standard InChI is InChI=1S/C20H22N4O4/c1-12-4-6-13(7-5-12)20(2)18(26)24(19(27)23-20)11-17(25)22-14-8-9-16(28-3)15(21)10-14/h4-10H,11,21H2,1-3H3,(H,22,25)(H,23,27). The van der Waals surface area contributed by atoms with Gasteiger partial charge in [0.05, 0.1) is 12.8 Å². The molecule has 0 radical (unpaired) electrons. The Hall–Kier alpha value is -3.55. The molecular formula is C20H22N4O4. The molecule has 3 rings (SSSR count). The summed E-state index contributed by atoms with van der Waals surface area (Å²) in [5.41, 5.74) is 7.11. The van der Waals surface area contributed by atoms with Gasteiger partial charge in [0.15, 0.2) is 0 Å². The molecule has 0 saturated carbocycles. The number of hydrogen-bond acceptors (Lipinski definition) is 5. The molecule has 8 heteroatoms. The Morgan fingerprint density at radius 2 is 1.89 bits per heavy atom. The number of ether oxygens (including phenoxy) is 1. The molecule has 1 aliphatic rings. The third-order valence-electron chi connectivity index (χ3n) is 4.72. The first-order valence-corrected chi connectivity index (χ1v) is 8.69. The Morgan fingerprint density at radius 1 is 1.21 bits per heavy atom. The van der Waals surface area contributed by atoms with Crippen LogP contribution in [0.4, 0.5) is 16.2 Å². The summed E-state index contributed by atoms with van der Waals surface area (Å²) in [6, 6.07) is 11.5. The monoisotopic (exact) mass is 382 g/mol. The van der Waals surface area contributed by atoms with E-state index in [1.54, 1.807) is 37.3 Å². The highest BCUT2D eigenvalue weighted by molar-refractivity contribution is 6.10. The van der Waals surface area contributed by atoms with E-state index in [9.17, 15) is 14.4 Å². The van der Waals surface area contributed by atoms with Crippen LogP contribution in [0.25, 0.3) is 0 Å². The average molecular weight is 382 g/mol. The van der Waals surface area contributed by atoms with Gasteiger partial charge in [0, 0.05) is 5.69 Å². The van der Waals surface area contributed by atoms with Crippen LogP contribution >= 0.6 is 0 Å². The summed E-state index contributed by atoms with van der Waals surface area (Å²) in [5, 5.41) is 5.31. The van der Waals surface area contributed by atoms with Crippen molar-refractivity contribution >= 4 is 29.2 Å². The van der Waals surface area contributed by atoms with Crippen LogP contribution in [-0.4, -0.2) is 36.4 Å². The highest BCUT2D eigenvalue weighted by Crippen LogP contribution is 2.29. The number of nitrogens with two attached hydrogens (primary N) is 1. The van der Waals surface area contributed by atoms with Crippen LogP contribution in [0.15, 0.2) is 42.5 Å². The lowest BCUT2D eigenvalue weighted by Crippen LogP contribution is -2.42. The van der Waals surface area contributed by atoms with Crippen molar-refractivity contribution in [3.63, 3.8) is 0 Å². The van der Waals surface area contributed by atoms with Crippen LogP contribution in [0.2, 0.25) is 0 Å². The van der Waals surface area contributed by atoms with E-state index in [4.69, 9.17) is 10.5 Å². The minimum atomic E-state index is -1.21. The first kappa shape index (κ1) is 19.2. The van der Waals surface area contributed by atoms with E-state index in [0.29, 0.717) is 22.7 Å². The van der Waals surface area contributed by atoms with Crippen molar-refractivity contribution in [1.82, 2.24) is 10.2 Å². The van der Waals surface area contributed by atoms with Crippen LogP contribution in [-0.2, 0) is 15.1 Å². The number of nitrogens with zero attached hydrogens (tertiary/aromatic N) is 1. The number of rotatable bonds is 5. The molecule has 2 aromatic rings. The van der Waals surface area contributed by atoms with E-state index in [1.165, 1.54) is 7.11 Å². The van der Waals surface area contributed by atoms with E-state index in [2.05, 4.69) is 10.6 Å². The summed E-state index contributed by atoms with van der Waals surface area (Å²) in [6.45, 7) is 3.15. The highest BCUT2D eigenvalue weighted by Gasteiger charge is 2.49. The number of nitrogens with one attached hydrogen (secondary N) is 2. The quantitative estimate of drug-likeness (QED) is 0.541. The van der Waals surface area contributed by atoms with Gasteiger partial charge in [-0.2, -0.15) is 0 Å². The number of benzene rings is 2. The Kier molecular flexibility index (Phi) is 4.96. The molecule has 0 bridgehead atoms. The molecule has 1 aliphatic heterocycles. The largest absolute Gasteiger partial charge is 0.495 e. The maximum absolute atomic E-state index is 12.9. The van der Waals surface area contributed by atoms with Crippen LogP contribution in [0.5, 0.6) is 5.75 Å². The number of hydrogen-bond donors (Lipinski definition) is 3. The van der Waals surface area contributed by atoms with Crippen molar-refractivity contribution in [3.8, 4) is 5.75 Å². The summed E-state index contributed by atoms with van der Waals surface area (Å²) < 4.78 is 5.07. The van der Waals surface area contributed by atoms with Gasteiger partial charge in [0.1, 0.15) is 17.8 Å². The second-order valence-corrected chi connectivity index (χ2v) is 6.82. The molecule has 1 saturated heterocycles. The van der Waals surface area contributed by atoms with Crippen molar-refractivity contribution in [2.75, 3.05) is 24.7 Å². The van der Waals surface area contributed by atoms with Crippen molar-refractivity contribution in [2.45, 2.75) is 19.4 Å². The van der Waals surface area contributed by atoms with Gasteiger partial charge >= 0.3 is 6.03 Å². The normalized spacial score (nSPS) is 18.8. The van der Waals surface area contributed by atoms with E-state index < -0.39 is 29.9 Å². The summed E-state index contributed by atoms with van der Waals surface area (Å²) in [5.74, 6) is -0.507. The molecule has 4 N–H and O–H groups in total. The molecule has 4 amide bonds. The molecule has 146 valence electrons. The Morgan fingerprint density at radius 3 is 2.50 bits per heavy atom. The maximum atomic E-state index is 12.9. The van der Waals surface area contributed by atoms with Gasteiger partial charge in [-0.3, -0.25) is 14.5 Å². The summed E-state index contributed by atoms with van der Waals surface area (Å²) in [4.78, 5) is 38.5. The second kappa shape index (κ2) is 7.22. The fraction of sp³-hybridized carbons (Fsp3) is 0.250. The maximum Gasteiger partial charge on any atom is 0.325 e. The van der Waals surface area contributed by atoms with Crippen molar-refractivity contribution in [3.05, 3.63) is 53.6 Å². The lowest BCUT2D eigenvalue weighted by atomic mass is 9.91. The second-order valence-electron chi connectivity index (χ2n) is 6.82. The zero-order chi connectivity index (χ0) is 20.5. The molecule has 0 aromatic heterocycles. The smallest absolute Gasteiger partial charge is 0.325 e. The number of imide groups is 1. The van der Waals surface area contributed by atoms with Crippen LogP contribution in [0.3, 0.4) is 0 Å². The van der Waals surface area contributed by atoms with Gasteiger partial charge in [-0.15, -0.1) is 0 Å². The predicted octanol–water partition coefficient (Wildman–Crippen LogP) is 1.99. The first-order chi connectivity index (χ1) is 13.2. The van der Waals surface area contributed by atoms with Gasteiger partial charge in [0.2, 0.25) is 5.91 Å². The molecule has 2 aromatic carbocycles. The zero-order valence-electron chi connectivity index (χ0n) is 15.9. The number of amides is 4. The minimum absolute atomic E-state index is 0.363. The van der Waals surface area contributed by atoms with Gasteiger partial charge in [-0.1, -0.05) is 29.8 Å². The molecule has 0 spiro atoms. The summed E-state index contributed by atoms with van der Waals surface area (Å²) in [6.07, 6.45) is 0. The first-order valence-electron chi connectivity index (χ1n) is 8.69. The van der Waals surface area contributed by atoms with Gasteiger partial charge in [0.25, 0.3) is 5.91 Å². The lowest BCUT2D eigenvalue weighted by Gasteiger charge is -2.22. The fourth-order valence-corrected chi connectivity index (χ4v) is 3.08. The Bertz CT molecular complexity index is 942. The van der Waals surface area contributed by atoms with Crippen molar-refractivity contribution in [2.24, 2.45) is 0 Å². The summed E-state index contributed by atoms with van der Waals surface area (Å²) >= 11 is 0. The number of carbonyl (C=O) groups is 3. The van der Waals surface area contributed by atoms with E-state index in [-0.39, 0.29) is 0 Å². The van der Waals surface area contributed by atoms with Crippen molar-refractivity contribution in [1.29, 1.82) is 0 Å². The number of methoxy groups -OCH3 is 1. The Labute approximate surface area is 162 Å². The molecule has 0 aliphatic carbocycles. The SMILES string of the molecule is COc1ccc(NC(=O)CN2C(=O)NC(C)(c3ccc(C)cc3)C2=O)cc1N. The molecule has 1 atom stereocenters. The van der Waals surface area contributed by atoms with E-state index in [0.717, 1.165) is 10.5 Å². The lowest BCUT2D eigenvalue weighted by molar-refractivity contribution is -0.133. The van der Waals surface area contributed by atoms with Crippen LogP contribution < -0.4 is 21.1 Å². The third-order valence-corrected chi connectivity index (χ3v) is 4.72. The number of urea groups is 1. The van der Waals surface area contributed by atoms with Gasteiger partial charge in [-0.05, 0) is 37.6 Å². The van der Waals surface area contributed by atoms with Gasteiger partial charge in [-0.25, -0.2) is 4.79 Å². The Balaban J connectivity index is 1.72. The van der Waals surface area contributed by atoms with E-state index >= 15 is 0 Å². The molecule has 28 heavy (non-hydrogen) atoms. The fourth-order valence-electron chi connectivity index (χ4n) is 3.08. The topological polar surface area (TPSA) is 114 Å². The number of anilines is 2. The zero-order valence-corrected chi connectivity index (χ0v) is 15.9.